The molecule has 2 N–H and O–H groups in total. The first-order chi connectivity index (χ1) is 11.7. The average molecular weight is 368 g/mol. The zero-order valence-electron chi connectivity index (χ0n) is 12.8. The topological polar surface area (TPSA) is 86.2 Å². The molecule has 0 spiro atoms. The van der Waals surface area contributed by atoms with Crippen molar-refractivity contribution in [2.75, 3.05) is 0 Å². The lowest BCUT2D eigenvalue weighted by Gasteiger charge is -2.08. The van der Waals surface area contributed by atoms with E-state index in [9.17, 15) is 21.6 Å². The number of aryl methyl sites for hydroxylation is 1. The molecule has 2 aromatic carbocycles. The standard InChI is InChI=1S/C16H11F3N2O3S/c1-8-15(16(21-24-8)9-3-2-4-10(17)5-9)11-6-13(19)14(7-12(11)18)25(20,22)23/h2-7H,1H3,(H2,20,22,23). The van der Waals surface area contributed by atoms with Crippen molar-refractivity contribution >= 4 is 10.0 Å². The van der Waals surface area contributed by atoms with Gasteiger partial charge in [-0.2, -0.15) is 0 Å². The van der Waals surface area contributed by atoms with E-state index in [-0.39, 0.29) is 22.6 Å². The fourth-order valence-corrected chi connectivity index (χ4v) is 3.06. The van der Waals surface area contributed by atoms with Crippen LogP contribution in [-0.4, -0.2) is 13.6 Å². The Morgan fingerprint density at radius 3 is 2.44 bits per heavy atom. The van der Waals surface area contributed by atoms with Gasteiger partial charge in [-0.05, 0) is 31.2 Å². The van der Waals surface area contributed by atoms with Crippen LogP contribution in [0.25, 0.3) is 22.4 Å². The van der Waals surface area contributed by atoms with Crippen LogP contribution in [0.5, 0.6) is 0 Å². The maximum atomic E-state index is 14.4. The number of hydrogen-bond acceptors (Lipinski definition) is 4. The lowest BCUT2D eigenvalue weighted by molar-refractivity contribution is 0.400. The van der Waals surface area contributed by atoms with E-state index in [1.54, 1.807) is 0 Å². The van der Waals surface area contributed by atoms with Gasteiger partial charge in [-0.1, -0.05) is 17.3 Å². The summed E-state index contributed by atoms with van der Waals surface area (Å²) in [6, 6.07) is 6.51. The summed E-state index contributed by atoms with van der Waals surface area (Å²) in [6.07, 6.45) is 0. The van der Waals surface area contributed by atoms with Gasteiger partial charge >= 0.3 is 0 Å². The van der Waals surface area contributed by atoms with E-state index < -0.39 is 32.4 Å². The molecule has 25 heavy (non-hydrogen) atoms. The molecule has 0 aliphatic heterocycles. The van der Waals surface area contributed by atoms with Crippen LogP contribution in [0.2, 0.25) is 0 Å². The summed E-state index contributed by atoms with van der Waals surface area (Å²) in [7, 11) is -4.42. The Morgan fingerprint density at radius 1 is 1.08 bits per heavy atom. The molecule has 0 amide bonds. The van der Waals surface area contributed by atoms with Gasteiger partial charge in [0.2, 0.25) is 10.0 Å². The van der Waals surface area contributed by atoms with E-state index >= 15 is 0 Å². The van der Waals surface area contributed by atoms with Crippen molar-refractivity contribution in [3.8, 4) is 22.4 Å². The molecule has 3 rings (SSSR count). The Morgan fingerprint density at radius 2 is 1.80 bits per heavy atom. The van der Waals surface area contributed by atoms with E-state index in [0.717, 1.165) is 6.07 Å². The number of halogens is 3. The summed E-state index contributed by atoms with van der Waals surface area (Å²) < 4.78 is 69.6. The van der Waals surface area contributed by atoms with Crippen molar-refractivity contribution in [1.29, 1.82) is 0 Å². The number of nitrogens with two attached hydrogens (primary N) is 1. The molecule has 1 aromatic heterocycles. The van der Waals surface area contributed by atoms with Gasteiger partial charge in [-0.3, -0.25) is 0 Å². The third-order valence-electron chi connectivity index (χ3n) is 3.56. The van der Waals surface area contributed by atoms with E-state index in [2.05, 4.69) is 5.16 Å². The smallest absolute Gasteiger partial charge is 0.241 e. The second kappa shape index (κ2) is 6.01. The number of hydrogen-bond donors (Lipinski definition) is 1. The zero-order chi connectivity index (χ0) is 18.4. The predicted molar refractivity (Wildman–Crippen MR) is 83.4 cm³/mol. The van der Waals surface area contributed by atoms with E-state index in [4.69, 9.17) is 9.66 Å². The first-order valence-corrected chi connectivity index (χ1v) is 8.47. The van der Waals surface area contributed by atoms with Crippen molar-refractivity contribution in [3.63, 3.8) is 0 Å². The largest absolute Gasteiger partial charge is 0.360 e. The van der Waals surface area contributed by atoms with Crippen molar-refractivity contribution < 1.29 is 26.1 Å². The molecule has 0 bridgehead atoms. The predicted octanol–water partition coefficient (Wildman–Crippen LogP) is 3.38. The molecule has 0 radical (unpaired) electrons. The van der Waals surface area contributed by atoms with Gasteiger partial charge in [-0.15, -0.1) is 0 Å². The van der Waals surface area contributed by atoms with E-state index in [0.29, 0.717) is 17.7 Å². The summed E-state index contributed by atoms with van der Waals surface area (Å²) in [6.45, 7) is 1.47. The molecule has 0 atom stereocenters. The summed E-state index contributed by atoms with van der Waals surface area (Å²) in [4.78, 5) is -0.963. The minimum absolute atomic E-state index is 0.0861. The van der Waals surface area contributed by atoms with E-state index in [1.165, 1.54) is 25.1 Å². The van der Waals surface area contributed by atoms with Crippen LogP contribution >= 0.6 is 0 Å². The van der Waals surface area contributed by atoms with Crippen molar-refractivity contribution in [3.05, 3.63) is 59.6 Å². The number of nitrogens with zero attached hydrogens (tertiary/aromatic N) is 1. The van der Waals surface area contributed by atoms with Crippen molar-refractivity contribution in [2.45, 2.75) is 11.8 Å². The number of sulfonamides is 1. The van der Waals surface area contributed by atoms with Crippen LogP contribution in [0.1, 0.15) is 5.76 Å². The highest BCUT2D eigenvalue weighted by Crippen LogP contribution is 2.37. The van der Waals surface area contributed by atoms with Crippen LogP contribution in [0.3, 0.4) is 0 Å². The van der Waals surface area contributed by atoms with Gasteiger partial charge in [0.1, 0.15) is 33.8 Å². The lowest BCUT2D eigenvalue weighted by atomic mass is 9.99. The third kappa shape index (κ3) is 3.15. The summed E-state index contributed by atoms with van der Waals surface area (Å²) in [5.74, 6) is -2.64. The van der Waals surface area contributed by atoms with Crippen LogP contribution < -0.4 is 5.14 Å². The van der Waals surface area contributed by atoms with Gasteiger partial charge < -0.3 is 4.52 Å². The molecule has 5 nitrogen and oxygen atoms in total. The highest BCUT2D eigenvalue weighted by Gasteiger charge is 2.24. The number of rotatable bonds is 3. The Hall–Kier alpha value is -2.65. The summed E-state index contributed by atoms with van der Waals surface area (Å²) >= 11 is 0. The van der Waals surface area contributed by atoms with E-state index in [1.807, 2.05) is 0 Å². The second-order valence-corrected chi connectivity index (χ2v) is 6.81. The van der Waals surface area contributed by atoms with Crippen LogP contribution in [0.4, 0.5) is 13.2 Å². The maximum absolute atomic E-state index is 14.4. The first kappa shape index (κ1) is 17.2. The molecule has 0 unspecified atom stereocenters. The molecule has 3 aromatic rings. The highest BCUT2D eigenvalue weighted by atomic mass is 32.2. The van der Waals surface area contributed by atoms with Crippen LogP contribution in [-0.2, 0) is 10.0 Å². The molecule has 130 valence electrons. The van der Waals surface area contributed by atoms with Gasteiger partial charge in [-0.25, -0.2) is 26.7 Å². The zero-order valence-corrected chi connectivity index (χ0v) is 13.6. The lowest BCUT2D eigenvalue weighted by Crippen LogP contribution is -2.14. The normalized spacial score (nSPS) is 11.7. The first-order valence-electron chi connectivity index (χ1n) is 6.93. The average Bonchev–Trinajstić information content (AvgIpc) is 2.90. The Bertz CT molecular complexity index is 1080. The molecule has 0 aliphatic rings. The van der Waals surface area contributed by atoms with Crippen molar-refractivity contribution in [1.82, 2.24) is 5.16 Å². The summed E-state index contributed by atoms with van der Waals surface area (Å²) in [5.41, 5.74) is 0.201. The minimum Gasteiger partial charge on any atom is -0.360 e. The van der Waals surface area contributed by atoms with Gasteiger partial charge in [0.15, 0.2) is 0 Å². The molecule has 9 heteroatoms. The monoisotopic (exact) mass is 368 g/mol. The number of aromatic nitrogens is 1. The summed E-state index contributed by atoms with van der Waals surface area (Å²) in [5, 5.41) is 8.63. The molecule has 0 saturated heterocycles. The fraction of sp³-hybridized carbons (Fsp3) is 0.0625. The molecular formula is C16H11F3N2O3S. The third-order valence-corrected chi connectivity index (χ3v) is 4.48. The van der Waals surface area contributed by atoms with Crippen LogP contribution in [0.15, 0.2) is 45.8 Å². The van der Waals surface area contributed by atoms with Gasteiger partial charge in [0.25, 0.3) is 0 Å². The number of primary sulfonamides is 1. The Kier molecular flexibility index (Phi) is 4.13. The van der Waals surface area contributed by atoms with Crippen molar-refractivity contribution in [2.24, 2.45) is 5.14 Å². The van der Waals surface area contributed by atoms with Gasteiger partial charge in [0, 0.05) is 11.1 Å². The molecule has 1 heterocycles. The fourth-order valence-electron chi connectivity index (χ4n) is 2.46. The second-order valence-electron chi connectivity index (χ2n) is 5.28. The Labute approximate surface area is 140 Å². The SMILES string of the molecule is Cc1onc(-c2cccc(F)c2)c1-c1cc(F)c(S(N)(=O)=O)cc1F. The Balaban J connectivity index is 2.25. The molecule has 0 saturated carbocycles. The molecule has 0 aliphatic carbocycles. The maximum Gasteiger partial charge on any atom is 0.241 e. The number of benzene rings is 2. The van der Waals surface area contributed by atoms with Gasteiger partial charge in [0.05, 0.1) is 5.56 Å². The highest BCUT2D eigenvalue weighted by molar-refractivity contribution is 7.89. The molecular weight excluding hydrogens is 357 g/mol. The quantitative estimate of drug-likeness (QED) is 0.768. The molecule has 0 fully saturated rings. The minimum atomic E-state index is -4.42. The van der Waals surface area contributed by atoms with Crippen LogP contribution in [0, 0.1) is 24.4 Å².